The van der Waals surface area contributed by atoms with E-state index in [1.165, 1.54) is 5.57 Å². The third kappa shape index (κ3) is 2.74. The Labute approximate surface area is 107 Å². The summed E-state index contributed by atoms with van der Waals surface area (Å²) in [6, 6.07) is 6.07. The van der Waals surface area contributed by atoms with Gasteiger partial charge in [-0.25, -0.2) is 0 Å². The van der Waals surface area contributed by atoms with Crippen molar-refractivity contribution in [3.63, 3.8) is 0 Å². The van der Waals surface area contributed by atoms with Crippen LogP contribution < -0.4 is 10.1 Å². The Kier molecular flexibility index (Phi) is 3.59. The fourth-order valence-corrected chi connectivity index (χ4v) is 1.90. The quantitative estimate of drug-likeness (QED) is 0.623. The monoisotopic (exact) mass is 245 g/mol. The van der Waals surface area contributed by atoms with Gasteiger partial charge in [-0.15, -0.1) is 12.6 Å². The van der Waals surface area contributed by atoms with Gasteiger partial charge in [0.2, 0.25) is 5.56 Å². The molecule has 1 aliphatic rings. The van der Waals surface area contributed by atoms with Crippen molar-refractivity contribution in [1.29, 1.82) is 0 Å². The van der Waals surface area contributed by atoms with Crippen LogP contribution in [0, 0.1) is 0 Å². The SMILES string of the molecule is C=C/C=C\C=C(/C)c1ccc2c(c1)NC(S)O2. The highest BCUT2D eigenvalue weighted by atomic mass is 32.1. The van der Waals surface area contributed by atoms with Crippen LogP contribution in [0.3, 0.4) is 0 Å². The topological polar surface area (TPSA) is 21.3 Å². The minimum absolute atomic E-state index is 0.245. The van der Waals surface area contributed by atoms with E-state index in [4.69, 9.17) is 4.74 Å². The van der Waals surface area contributed by atoms with E-state index in [0.717, 1.165) is 17.0 Å². The second kappa shape index (κ2) is 5.15. The Bertz CT molecular complexity index is 491. The van der Waals surface area contributed by atoms with Crippen LogP contribution in [-0.2, 0) is 0 Å². The third-order valence-electron chi connectivity index (χ3n) is 2.55. The standard InChI is InChI=1S/C14H15NOS/c1-3-4-5-6-10(2)11-7-8-13-12(9-11)15-14(17)16-13/h3-9,14-15,17H,1H2,2H3/b5-4-,10-6+. The zero-order valence-electron chi connectivity index (χ0n) is 9.68. The molecule has 0 aliphatic carbocycles. The van der Waals surface area contributed by atoms with Gasteiger partial charge in [0.05, 0.1) is 5.69 Å². The van der Waals surface area contributed by atoms with Crippen molar-refractivity contribution >= 4 is 23.9 Å². The maximum atomic E-state index is 5.45. The zero-order valence-corrected chi connectivity index (χ0v) is 10.6. The smallest absolute Gasteiger partial charge is 0.216 e. The molecular formula is C14H15NOS. The number of rotatable bonds is 3. The molecule has 1 N–H and O–H groups in total. The molecule has 1 atom stereocenters. The normalized spacial score (nSPS) is 18.7. The Balaban J connectivity index is 2.24. The van der Waals surface area contributed by atoms with E-state index >= 15 is 0 Å². The molecule has 1 aromatic carbocycles. The first-order valence-corrected chi connectivity index (χ1v) is 5.94. The molecule has 1 aliphatic heterocycles. The lowest BCUT2D eigenvalue weighted by Crippen LogP contribution is -2.10. The summed E-state index contributed by atoms with van der Waals surface area (Å²) in [5.41, 5.74) is 3.10. The molecule has 0 bridgehead atoms. The number of thiol groups is 1. The molecule has 2 nitrogen and oxygen atoms in total. The van der Waals surface area contributed by atoms with Crippen LogP contribution in [0.15, 0.2) is 49.1 Å². The second-order valence-corrected chi connectivity index (χ2v) is 4.26. The number of benzene rings is 1. The maximum absolute atomic E-state index is 5.45. The van der Waals surface area contributed by atoms with Gasteiger partial charge in [0, 0.05) is 0 Å². The van der Waals surface area contributed by atoms with Crippen molar-refractivity contribution in [3.8, 4) is 5.75 Å². The van der Waals surface area contributed by atoms with E-state index in [0.29, 0.717) is 0 Å². The fourth-order valence-electron chi connectivity index (χ4n) is 1.65. The van der Waals surface area contributed by atoms with Crippen LogP contribution in [-0.4, -0.2) is 5.56 Å². The number of allylic oxidation sites excluding steroid dienone is 5. The summed E-state index contributed by atoms with van der Waals surface area (Å²) in [5.74, 6) is 0.850. The number of hydrogen-bond acceptors (Lipinski definition) is 3. The summed E-state index contributed by atoms with van der Waals surface area (Å²) in [4.78, 5) is 0. The predicted octanol–water partition coefficient (Wildman–Crippen LogP) is 3.85. The van der Waals surface area contributed by atoms with Crippen molar-refractivity contribution in [2.24, 2.45) is 0 Å². The minimum atomic E-state index is -0.245. The predicted molar refractivity (Wildman–Crippen MR) is 76.5 cm³/mol. The van der Waals surface area contributed by atoms with Crippen LogP contribution in [0.5, 0.6) is 5.75 Å². The van der Waals surface area contributed by atoms with Crippen LogP contribution in [0.4, 0.5) is 5.69 Å². The van der Waals surface area contributed by atoms with Crippen molar-refractivity contribution in [1.82, 2.24) is 0 Å². The first-order valence-electron chi connectivity index (χ1n) is 5.42. The van der Waals surface area contributed by atoms with Gasteiger partial charge in [-0.05, 0) is 30.2 Å². The van der Waals surface area contributed by atoms with Gasteiger partial charge in [-0.3, -0.25) is 0 Å². The minimum Gasteiger partial charge on any atom is -0.459 e. The number of anilines is 1. The molecule has 0 aromatic heterocycles. The molecule has 17 heavy (non-hydrogen) atoms. The van der Waals surface area contributed by atoms with E-state index < -0.39 is 0 Å². The molecule has 0 spiro atoms. The number of nitrogens with one attached hydrogen (secondary N) is 1. The molecule has 0 radical (unpaired) electrons. The Morgan fingerprint density at radius 1 is 1.47 bits per heavy atom. The Morgan fingerprint density at radius 2 is 2.29 bits per heavy atom. The molecule has 0 saturated carbocycles. The first-order chi connectivity index (χ1) is 8.20. The van der Waals surface area contributed by atoms with E-state index in [-0.39, 0.29) is 5.56 Å². The van der Waals surface area contributed by atoms with Gasteiger partial charge in [-0.1, -0.05) is 36.9 Å². The molecule has 0 fully saturated rings. The van der Waals surface area contributed by atoms with E-state index in [1.807, 2.05) is 24.3 Å². The highest BCUT2D eigenvalue weighted by molar-refractivity contribution is 7.80. The Morgan fingerprint density at radius 3 is 3.06 bits per heavy atom. The summed E-state index contributed by atoms with van der Waals surface area (Å²) in [5, 5.41) is 3.14. The third-order valence-corrected chi connectivity index (χ3v) is 2.78. The van der Waals surface area contributed by atoms with E-state index in [9.17, 15) is 0 Å². The molecule has 3 heteroatoms. The van der Waals surface area contributed by atoms with Gasteiger partial charge in [0.15, 0.2) is 0 Å². The van der Waals surface area contributed by atoms with Crippen LogP contribution in [0.1, 0.15) is 12.5 Å². The molecule has 0 amide bonds. The fraction of sp³-hybridized carbons (Fsp3) is 0.143. The number of hydrogen-bond donors (Lipinski definition) is 2. The number of ether oxygens (including phenoxy) is 1. The lowest BCUT2D eigenvalue weighted by molar-refractivity contribution is 0.343. The highest BCUT2D eigenvalue weighted by Gasteiger charge is 2.18. The lowest BCUT2D eigenvalue weighted by Gasteiger charge is -2.03. The van der Waals surface area contributed by atoms with Crippen molar-refractivity contribution in [3.05, 3.63) is 54.6 Å². The highest BCUT2D eigenvalue weighted by Crippen LogP contribution is 2.34. The average molecular weight is 245 g/mol. The molecular weight excluding hydrogens is 230 g/mol. The Hall–Kier alpha value is -1.61. The van der Waals surface area contributed by atoms with Crippen LogP contribution >= 0.6 is 12.6 Å². The lowest BCUT2D eigenvalue weighted by atomic mass is 10.1. The number of fused-ring (bicyclic) bond motifs is 1. The summed E-state index contributed by atoms with van der Waals surface area (Å²) in [6.07, 6.45) is 7.69. The van der Waals surface area contributed by atoms with Crippen molar-refractivity contribution in [2.75, 3.05) is 5.32 Å². The molecule has 88 valence electrons. The largest absolute Gasteiger partial charge is 0.459 e. The van der Waals surface area contributed by atoms with E-state index in [1.54, 1.807) is 6.08 Å². The maximum Gasteiger partial charge on any atom is 0.216 e. The first kappa shape index (κ1) is 11.9. The van der Waals surface area contributed by atoms with E-state index in [2.05, 4.69) is 43.6 Å². The molecule has 1 unspecified atom stereocenters. The van der Waals surface area contributed by atoms with Gasteiger partial charge < -0.3 is 10.1 Å². The molecule has 0 saturated heterocycles. The molecule has 1 heterocycles. The van der Waals surface area contributed by atoms with Gasteiger partial charge in [0.1, 0.15) is 5.75 Å². The summed E-state index contributed by atoms with van der Waals surface area (Å²) < 4.78 is 5.45. The summed E-state index contributed by atoms with van der Waals surface area (Å²) in [7, 11) is 0. The van der Waals surface area contributed by atoms with Gasteiger partial charge in [-0.2, -0.15) is 0 Å². The second-order valence-electron chi connectivity index (χ2n) is 3.80. The molecule has 1 aromatic rings. The summed E-state index contributed by atoms with van der Waals surface area (Å²) >= 11 is 4.22. The van der Waals surface area contributed by atoms with Crippen molar-refractivity contribution < 1.29 is 4.74 Å². The van der Waals surface area contributed by atoms with Crippen LogP contribution in [0.2, 0.25) is 0 Å². The summed E-state index contributed by atoms with van der Waals surface area (Å²) in [6.45, 7) is 5.71. The zero-order chi connectivity index (χ0) is 12.3. The van der Waals surface area contributed by atoms with Crippen LogP contribution in [0.25, 0.3) is 5.57 Å². The van der Waals surface area contributed by atoms with Gasteiger partial charge in [0.25, 0.3) is 0 Å². The van der Waals surface area contributed by atoms with Crippen molar-refractivity contribution in [2.45, 2.75) is 12.5 Å². The molecule has 2 rings (SSSR count). The average Bonchev–Trinajstić information content (AvgIpc) is 2.68. The van der Waals surface area contributed by atoms with Gasteiger partial charge >= 0.3 is 0 Å².